The van der Waals surface area contributed by atoms with Gasteiger partial charge in [0, 0.05) is 0 Å². The number of aryl methyl sites for hydroxylation is 1. The monoisotopic (exact) mass is 244 g/mol. The van der Waals surface area contributed by atoms with Crippen molar-refractivity contribution in [1.29, 1.82) is 0 Å². The third-order valence-electron chi connectivity index (χ3n) is 3.41. The fourth-order valence-electron chi connectivity index (χ4n) is 1.89. The van der Waals surface area contributed by atoms with Crippen LogP contribution in [0.3, 0.4) is 0 Å². The molecule has 0 saturated heterocycles. The Hall–Kier alpha value is -1.40. The van der Waals surface area contributed by atoms with Crippen LogP contribution in [0.15, 0.2) is 34.3 Å². The summed E-state index contributed by atoms with van der Waals surface area (Å²) in [5.41, 5.74) is 2.26. The normalized spacial score (nSPS) is 14.2. The molecule has 2 heteroatoms. The number of aliphatic imine (C=N–C) groups is 2. The second-order valence-electron chi connectivity index (χ2n) is 5.55. The fourth-order valence-corrected chi connectivity index (χ4v) is 1.89. The van der Waals surface area contributed by atoms with Crippen molar-refractivity contribution in [2.75, 3.05) is 0 Å². The van der Waals surface area contributed by atoms with Gasteiger partial charge in [-0.05, 0) is 44.7 Å². The molecule has 0 bridgehead atoms. The van der Waals surface area contributed by atoms with Gasteiger partial charge in [0.25, 0.3) is 0 Å². The molecule has 0 amide bonds. The van der Waals surface area contributed by atoms with Crippen LogP contribution in [0.25, 0.3) is 0 Å². The maximum atomic E-state index is 4.61. The zero-order valence-corrected chi connectivity index (χ0v) is 12.4. The summed E-state index contributed by atoms with van der Waals surface area (Å²) in [6, 6.07) is 11.5. The maximum Gasteiger partial charge on any atom is 0.0963 e. The van der Waals surface area contributed by atoms with Gasteiger partial charge >= 0.3 is 0 Å². The molecule has 2 nitrogen and oxygen atoms in total. The SMILES string of the molecule is Cc1ccccc1C(C)(N=C=NC(C)C)C(C)C. The summed E-state index contributed by atoms with van der Waals surface area (Å²) in [6.07, 6.45) is 0. The molecule has 0 heterocycles. The molecule has 0 saturated carbocycles. The number of rotatable bonds is 4. The lowest BCUT2D eigenvalue weighted by Gasteiger charge is -2.30. The van der Waals surface area contributed by atoms with Crippen LogP contribution in [0.4, 0.5) is 0 Å². The molecule has 1 aromatic rings. The highest BCUT2D eigenvalue weighted by atomic mass is 14.9. The molecular weight excluding hydrogens is 220 g/mol. The van der Waals surface area contributed by atoms with E-state index in [-0.39, 0.29) is 11.6 Å². The first-order chi connectivity index (χ1) is 8.38. The summed E-state index contributed by atoms with van der Waals surface area (Å²) >= 11 is 0. The highest BCUT2D eigenvalue weighted by Gasteiger charge is 2.30. The Morgan fingerprint density at radius 2 is 1.72 bits per heavy atom. The van der Waals surface area contributed by atoms with Gasteiger partial charge in [0.15, 0.2) is 0 Å². The van der Waals surface area contributed by atoms with Crippen LogP contribution in [0, 0.1) is 12.8 Å². The van der Waals surface area contributed by atoms with Crippen molar-refractivity contribution >= 4 is 6.01 Å². The molecule has 98 valence electrons. The van der Waals surface area contributed by atoms with E-state index in [9.17, 15) is 0 Å². The molecule has 1 atom stereocenters. The van der Waals surface area contributed by atoms with E-state index < -0.39 is 0 Å². The van der Waals surface area contributed by atoms with Gasteiger partial charge in [0.1, 0.15) is 0 Å². The van der Waals surface area contributed by atoms with Gasteiger partial charge in [-0.25, -0.2) is 9.98 Å². The Bertz CT molecular complexity index is 454. The fraction of sp³-hybridized carbons (Fsp3) is 0.562. The smallest absolute Gasteiger partial charge is 0.0963 e. The van der Waals surface area contributed by atoms with Crippen molar-refractivity contribution in [2.45, 2.75) is 53.1 Å². The standard InChI is InChI=1S/C16H24N2/c1-12(2)16(6,18-11-17-13(3)4)15-10-8-7-9-14(15)5/h7-10,12-13H,1-6H3. The van der Waals surface area contributed by atoms with Crippen molar-refractivity contribution in [3.05, 3.63) is 35.4 Å². The molecule has 0 fully saturated rings. The van der Waals surface area contributed by atoms with E-state index in [4.69, 9.17) is 0 Å². The molecule has 0 aliphatic rings. The van der Waals surface area contributed by atoms with Gasteiger partial charge < -0.3 is 0 Å². The third-order valence-corrected chi connectivity index (χ3v) is 3.41. The van der Waals surface area contributed by atoms with E-state index in [1.54, 1.807) is 0 Å². The van der Waals surface area contributed by atoms with Crippen LogP contribution in [0.1, 0.15) is 45.7 Å². The minimum absolute atomic E-state index is 0.238. The molecule has 0 radical (unpaired) electrons. The molecule has 0 N–H and O–H groups in total. The first-order valence-corrected chi connectivity index (χ1v) is 6.60. The third kappa shape index (κ3) is 3.30. The second-order valence-corrected chi connectivity index (χ2v) is 5.55. The van der Waals surface area contributed by atoms with Gasteiger partial charge in [0.05, 0.1) is 17.6 Å². The van der Waals surface area contributed by atoms with E-state index in [1.165, 1.54) is 11.1 Å². The molecular formula is C16H24N2. The predicted octanol–water partition coefficient (Wildman–Crippen LogP) is 4.45. The maximum absolute atomic E-state index is 4.61. The predicted molar refractivity (Wildman–Crippen MR) is 78.4 cm³/mol. The molecule has 1 unspecified atom stereocenters. The first-order valence-electron chi connectivity index (χ1n) is 6.60. The molecule has 1 rings (SSSR count). The topological polar surface area (TPSA) is 24.7 Å². The van der Waals surface area contributed by atoms with Crippen molar-refractivity contribution in [2.24, 2.45) is 15.9 Å². The average molecular weight is 244 g/mol. The molecule has 0 aromatic heterocycles. The lowest BCUT2D eigenvalue weighted by molar-refractivity contribution is 0.354. The van der Waals surface area contributed by atoms with Gasteiger partial charge in [-0.15, -0.1) is 0 Å². The Balaban J connectivity index is 3.25. The Kier molecular flexibility index (Phi) is 4.86. The Labute approximate surface area is 111 Å². The molecule has 0 aliphatic carbocycles. The first kappa shape index (κ1) is 14.7. The van der Waals surface area contributed by atoms with E-state index in [0.717, 1.165) is 0 Å². The minimum atomic E-state index is -0.260. The molecule has 0 spiro atoms. The van der Waals surface area contributed by atoms with Crippen LogP contribution in [0.2, 0.25) is 0 Å². The van der Waals surface area contributed by atoms with E-state index in [2.05, 4.69) is 68.0 Å². The van der Waals surface area contributed by atoms with E-state index >= 15 is 0 Å². The van der Waals surface area contributed by atoms with E-state index in [1.807, 2.05) is 13.8 Å². The number of nitrogens with zero attached hydrogens (tertiary/aromatic N) is 2. The number of hydrogen-bond acceptors (Lipinski definition) is 2. The zero-order valence-electron chi connectivity index (χ0n) is 12.4. The van der Waals surface area contributed by atoms with Crippen molar-refractivity contribution in [1.82, 2.24) is 0 Å². The van der Waals surface area contributed by atoms with Gasteiger partial charge in [-0.2, -0.15) is 0 Å². The van der Waals surface area contributed by atoms with Crippen molar-refractivity contribution in [3.63, 3.8) is 0 Å². The van der Waals surface area contributed by atoms with Crippen molar-refractivity contribution < 1.29 is 0 Å². The van der Waals surface area contributed by atoms with Crippen LogP contribution in [0.5, 0.6) is 0 Å². The van der Waals surface area contributed by atoms with Gasteiger partial charge in [-0.3, -0.25) is 0 Å². The lowest BCUT2D eigenvalue weighted by Crippen LogP contribution is -2.27. The van der Waals surface area contributed by atoms with Crippen molar-refractivity contribution in [3.8, 4) is 0 Å². The Morgan fingerprint density at radius 1 is 1.11 bits per heavy atom. The highest BCUT2D eigenvalue weighted by Crippen LogP contribution is 2.34. The lowest BCUT2D eigenvalue weighted by atomic mass is 9.80. The quantitative estimate of drug-likeness (QED) is 0.699. The summed E-state index contributed by atoms with van der Waals surface area (Å²) < 4.78 is 0. The van der Waals surface area contributed by atoms with Crippen LogP contribution in [-0.4, -0.2) is 12.1 Å². The summed E-state index contributed by atoms with van der Waals surface area (Å²) in [4.78, 5) is 8.84. The van der Waals surface area contributed by atoms with Gasteiger partial charge in [0.2, 0.25) is 0 Å². The second kappa shape index (κ2) is 5.97. The summed E-state index contributed by atoms with van der Waals surface area (Å²) in [5, 5.41) is 0. The molecule has 0 aliphatic heterocycles. The summed E-state index contributed by atoms with van der Waals surface area (Å²) in [6.45, 7) is 12.7. The minimum Gasteiger partial charge on any atom is -0.223 e. The van der Waals surface area contributed by atoms with Gasteiger partial charge in [-0.1, -0.05) is 38.1 Å². The van der Waals surface area contributed by atoms with Crippen LogP contribution in [-0.2, 0) is 5.54 Å². The van der Waals surface area contributed by atoms with E-state index in [0.29, 0.717) is 5.92 Å². The highest BCUT2D eigenvalue weighted by molar-refractivity contribution is 5.45. The largest absolute Gasteiger partial charge is 0.223 e. The summed E-state index contributed by atoms with van der Waals surface area (Å²) in [5.74, 6) is 0.397. The average Bonchev–Trinajstić information content (AvgIpc) is 2.28. The number of hydrogen-bond donors (Lipinski definition) is 0. The Morgan fingerprint density at radius 3 is 2.22 bits per heavy atom. The molecule has 18 heavy (non-hydrogen) atoms. The zero-order chi connectivity index (χ0) is 13.8. The molecule has 1 aromatic carbocycles. The summed E-state index contributed by atoms with van der Waals surface area (Å²) in [7, 11) is 0. The van der Waals surface area contributed by atoms with Crippen LogP contribution < -0.4 is 0 Å². The number of benzene rings is 1. The van der Waals surface area contributed by atoms with Crippen LogP contribution >= 0.6 is 0 Å².